The minimum Gasteiger partial charge on any atom is -0.480 e. The zero-order valence-corrected chi connectivity index (χ0v) is 15.3. The normalized spacial score (nSPS) is 15.6. The fourth-order valence-corrected chi connectivity index (χ4v) is 2.32. The van der Waals surface area contributed by atoms with E-state index in [0.717, 1.165) is 6.42 Å². The van der Waals surface area contributed by atoms with Crippen LogP contribution in [0.25, 0.3) is 0 Å². The number of carbonyl (C=O) groups excluding carboxylic acids is 2. The van der Waals surface area contributed by atoms with Crippen LogP contribution in [-0.4, -0.2) is 65.3 Å². The van der Waals surface area contributed by atoms with Crippen molar-refractivity contribution < 1.29 is 24.6 Å². The van der Waals surface area contributed by atoms with Gasteiger partial charge in [0.1, 0.15) is 6.04 Å². The monoisotopic (exact) mass is 375 g/mol. The first-order valence-electron chi connectivity index (χ1n) is 8.91. The lowest BCUT2D eigenvalue weighted by molar-refractivity contribution is -0.145. The van der Waals surface area contributed by atoms with E-state index in [1.54, 1.807) is 0 Å². The Balaban J connectivity index is 4.88. The Hall–Kier alpha value is -1.75. The summed E-state index contributed by atoms with van der Waals surface area (Å²) in [6, 6.07) is -3.19. The summed E-state index contributed by atoms with van der Waals surface area (Å²) < 4.78 is 0. The second-order valence-corrected chi connectivity index (χ2v) is 6.30. The predicted octanol–water partition coefficient (Wildman–Crippen LogP) is -1.99. The molecule has 0 rings (SSSR count). The molecule has 0 aliphatic heterocycles. The summed E-state index contributed by atoms with van der Waals surface area (Å²) in [5.74, 6) is -2.53. The molecule has 0 heterocycles. The van der Waals surface area contributed by atoms with Gasteiger partial charge in [-0.25, -0.2) is 4.79 Å². The van der Waals surface area contributed by atoms with E-state index in [1.165, 1.54) is 6.92 Å². The molecule has 0 aromatic carbocycles. The Labute approximate surface area is 153 Å². The van der Waals surface area contributed by atoms with Crippen molar-refractivity contribution in [3.05, 3.63) is 0 Å². The summed E-state index contributed by atoms with van der Waals surface area (Å²) in [6.45, 7) is 2.20. The molecule has 0 aliphatic carbocycles. The second kappa shape index (κ2) is 13.5. The molecule has 4 atom stereocenters. The third-order valence-electron chi connectivity index (χ3n) is 3.93. The Morgan fingerprint density at radius 1 is 0.923 bits per heavy atom. The number of carbonyl (C=O) groups is 3. The van der Waals surface area contributed by atoms with E-state index >= 15 is 0 Å². The van der Waals surface area contributed by atoms with Gasteiger partial charge in [0.2, 0.25) is 11.8 Å². The zero-order chi connectivity index (χ0) is 20.1. The topological polar surface area (TPSA) is 194 Å². The van der Waals surface area contributed by atoms with Crippen LogP contribution >= 0.6 is 0 Å². The molecule has 0 aliphatic rings. The van der Waals surface area contributed by atoms with Gasteiger partial charge in [-0.1, -0.05) is 6.42 Å². The predicted molar refractivity (Wildman–Crippen MR) is 97.0 cm³/mol. The van der Waals surface area contributed by atoms with Crippen molar-refractivity contribution in [3.8, 4) is 0 Å². The van der Waals surface area contributed by atoms with Gasteiger partial charge in [-0.3, -0.25) is 9.59 Å². The van der Waals surface area contributed by atoms with Gasteiger partial charge in [0, 0.05) is 0 Å². The van der Waals surface area contributed by atoms with Gasteiger partial charge in [0.25, 0.3) is 0 Å². The number of aliphatic carboxylic acids is 1. The molecule has 0 aromatic rings. The van der Waals surface area contributed by atoms with E-state index in [2.05, 4.69) is 10.6 Å². The van der Waals surface area contributed by atoms with Gasteiger partial charge in [-0.2, -0.15) is 0 Å². The van der Waals surface area contributed by atoms with Crippen LogP contribution in [0.15, 0.2) is 0 Å². The Bertz CT molecular complexity index is 447. The first-order valence-corrected chi connectivity index (χ1v) is 8.91. The number of amides is 2. The van der Waals surface area contributed by atoms with E-state index in [4.69, 9.17) is 22.3 Å². The van der Waals surface area contributed by atoms with Crippen LogP contribution in [0, 0.1) is 0 Å². The van der Waals surface area contributed by atoms with Gasteiger partial charge in [0.15, 0.2) is 6.04 Å². The molecule has 4 unspecified atom stereocenters. The Kier molecular flexibility index (Phi) is 12.5. The van der Waals surface area contributed by atoms with Crippen LogP contribution in [-0.2, 0) is 14.4 Å². The van der Waals surface area contributed by atoms with Crippen molar-refractivity contribution in [1.82, 2.24) is 10.6 Å². The van der Waals surface area contributed by atoms with Crippen molar-refractivity contribution in [3.63, 3.8) is 0 Å². The number of unbranched alkanes of at least 4 members (excludes halogenated alkanes) is 2. The number of hydrogen-bond acceptors (Lipinski definition) is 7. The van der Waals surface area contributed by atoms with E-state index in [0.29, 0.717) is 38.8 Å². The SMILES string of the molecule is CC(O)C(NC(=O)C(CCCCN)NC(=O)C(N)CCCCN)C(=O)O. The smallest absolute Gasteiger partial charge is 0.328 e. The molecule has 26 heavy (non-hydrogen) atoms. The average Bonchev–Trinajstić information content (AvgIpc) is 2.57. The molecule has 152 valence electrons. The maximum Gasteiger partial charge on any atom is 0.328 e. The number of aliphatic hydroxyl groups excluding tert-OH is 1. The number of nitrogens with two attached hydrogens (primary N) is 3. The summed E-state index contributed by atoms with van der Waals surface area (Å²) in [7, 11) is 0. The largest absolute Gasteiger partial charge is 0.480 e. The molecule has 0 saturated carbocycles. The molecule has 0 aromatic heterocycles. The lowest BCUT2D eigenvalue weighted by Crippen LogP contribution is -2.56. The van der Waals surface area contributed by atoms with Crippen molar-refractivity contribution >= 4 is 17.8 Å². The molecule has 0 spiro atoms. The molecule has 0 radical (unpaired) electrons. The van der Waals surface area contributed by atoms with Crippen LogP contribution in [0.1, 0.15) is 45.4 Å². The molecule has 10 nitrogen and oxygen atoms in total. The van der Waals surface area contributed by atoms with E-state index in [1.807, 2.05) is 0 Å². The highest BCUT2D eigenvalue weighted by atomic mass is 16.4. The highest BCUT2D eigenvalue weighted by Gasteiger charge is 2.30. The Morgan fingerprint density at radius 2 is 1.46 bits per heavy atom. The van der Waals surface area contributed by atoms with E-state index in [-0.39, 0.29) is 6.42 Å². The fourth-order valence-electron chi connectivity index (χ4n) is 2.32. The van der Waals surface area contributed by atoms with Crippen LogP contribution in [0.3, 0.4) is 0 Å². The summed E-state index contributed by atoms with van der Waals surface area (Å²) in [5, 5.41) is 23.4. The molecule has 2 amide bonds. The van der Waals surface area contributed by atoms with Crippen LogP contribution in [0.5, 0.6) is 0 Å². The first kappa shape index (κ1) is 24.2. The number of nitrogens with one attached hydrogen (secondary N) is 2. The average molecular weight is 375 g/mol. The third kappa shape index (κ3) is 9.66. The summed E-state index contributed by atoms with van der Waals surface area (Å²) in [4.78, 5) is 35.7. The van der Waals surface area contributed by atoms with E-state index in [9.17, 15) is 19.5 Å². The van der Waals surface area contributed by atoms with Gasteiger partial charge in [-0.15, -0.1) is 0 Å². The molecule has 0 saturated heterocycles. The minimum absolute atomic E-state index is 0.288. The lowest BCUT2D eigenvalue weighted by atomic mass is 10.1. The number of carboxylic acids is 1. The second-order valence-electron chi connectivity index (χ2n) is 6.30. The summed E-state index contributed by atoms with van der Waals surface area (Å²) in [5.41, 5.74) is 16.7. The van der Waals surface area contributed by atoms with Crippen LogP contribution in [0.2, 0.25) is 0 Å². The fraction of sp³-hybridized carbons (Fsp3) is 0.812. The molecular weight excluding hydrogens is 342 g/mol. The maximum absolute atomic E-state index is 12.4. The maximum atomic E-state index is 12.4. The van der Waals surface area contributed by atoms with Crippen molar-refractivity contribution in [2.75, 3.05) is 13.1 Å². The third-order valence-corrected chi connectivity index (χ3v) is 3.93. The number of hydrogen-bond donors (Lipinski definition) is 7. The molecule has 0 fully saturated rings. The summed E-state index contributed by atoms with van der Waals surface area (Å²) in [6.07, 6.45) is 2.11. The number of carboxylic acid groups (broad SMARTS) is 1. The first-order chi connectivity index (χ1) is 12.2. The van der Waals surface area contributed by atoms with Crippen LogP contribution < -0.4 is 27.8 Å². The van der Waals surface area contributed by atoms with Gasteiger partial charge < -0.3 is 38.0 Å². The number of aliphatic hydroxyl groups is 1. The van der Waals surface area contributed by atoms with Gasteiger partial charge in [0.05, 0.1) is 12.1 Å². The van der Waals surface area contributed by atoms with Gasteiger partial charge in [-0.05, 0) is 52.1 Å². The van der Waals surface area contributed by atoms with Crippen molar-refractivity contribution in [1.29, 1.82) is 0 Å². The zero-order valence-electron chi connectivity index (χ0n) is 15.3. The number of rotatable bonds is 14. The molecule has 10 N–H and O–H groups in total. The molecular formula is C16H33N5O5. The highest BCUT2D eigenvalue weighted by Crippen LogP contribution is 2.05. The van der Waals surface area contributed by atoms with Crippen molar-refractivity contribution in [2.24, 2.45) is 17.2 Å². The standard InChI is InChI=1S/C16H33N5O5/c1-10(22)13(16(25)26)21-15(24)12(7-3-5-9-18)20-14(23)11(19)6-2-4-8-17/h10-13,22H,2-9,17-19H2,1H3,(H,20,23)(H,21,24)(H,25,26). The quantitative estimate of drug-likeness (QED) is 0.169. The van der Waals surface area contributed by atoms with Crippen molar-refractivity contribution in [2.45, 2.75) is 69.7 Å². The Morgan fingerprint density at radius 3 is 1.92 bits per heavy atom. The van der Waals surface area contributed by atoms with Gasteiger partial charge >= 0.3 is 5.97 Å². The minimum atomic E-state index is -1.46. The lowest BCUT2D eigenvalue weighted by Gasteiger charge is -2.24. The molecule has 10 heteroatoms. The van der Waals surface area contributed by atoms with Crippen LogP contribution in [0.4, 0.5) is 0 Å². The molecule has 0 bridgehead atoms. The van der Waals surface area contributed by atoms with E-state index < -0.39 is 42.0 Å². The summed E-state index contributed by atoms with van der Waals surface area (Å²) >= 11 is 0. The highest BCUT2D eigenvalue weighted by molar-refractivity contribution is 5.91.